The van der Waals surface area contributed by atoms with Crippen LogP contribution in [0.3, 0.4) is 0 Å². The molecular formula is C12H14BrNO3. The summed E-state index contributed by atoms with van der Waals surface area (Å²) in [5.74, 6) is -0.0850. The SMILES string of the molecule is CC1(CO)CN(c2ccc(Br)cc2)C(=O)CO1. The molecule has 1 heterocycles. The van der Waals surface area contributed by atoms with E-state index < -0.39 is 5.60 Å². The van der Waals surface area contributed by atoms with E-state index in [0.29, 0.717) is 6.54 Å². The Labute approximate surface area is 108 Å². The number of morpholine rings is 1. The smallest absolute Gasteiger partial charge is 0.253 e. The van der Waals surface area contributed by atoms with Crippen molar-refractivity contribution < 1.29 is 14.6 Å². The molecule has 17 heavy (non-hydrogen) atoms. The van der Waals surface area contributed by atoms with Gasteiger partial charge >= 0.3 is 0 Å². The zero-order chi connectivity index (χ0) is 12.5. The van der Waals surface area contributed by atoms with Crippen molar-refractivity contribution in [2.75, 3.05) is 24.7 Å². The summed E-state index contributed by atoms with van der Waals surface area (Å²) in [5.41, 5.74) is 0.141. The summed E-state index contributed by atoms with van der Waals surface area (Å²) < 4.78 is 6.32. The van der Waals surface area contributed by atoms with Crippen LogP contribution in [0.4, 0.5) is 5.69 Å². The summed E-state index contributed by atoms with van der Waals surface area (Å²) in [5, 5.41) is 9.27. The highest BCUT2D eigenvalue weighted by Gasteiger charge is 2.36. The molecule has 1 amide bonds. The Morgan fingerprint density at radius 1 is 1.47 bits per heavy atom. The van der Waals surface area contributed by atoms with E-state index in [-0.39, 0.29) is 19.1 Å². The van der Waals surface area contributed by atoms with E-state index in [9.17, 15) is 9.90 Å². The summed E-state index contributed by atoms with van der Waals surface area (Å²) in [6.45, 7) is 2.07. The molecular weight excluding hydrogens is 286 g/mol. The number of anilines is 1. The molecule has 0 spiro atoms. The molecule has 1 aromatic carbocycles. The Balaban J connectivity index is 2.24. The maximum Gasteiger partial charge on any atom is 0.253 e. The number of carbonyl (C=O) groups is 1. The third kappa shape index (κ3) is 2.68. The van der Waals surface area contributed by atoms with E-state index in [0.717, 1.165) is 10.2 Å². The zero-order valence-electron chi connectivity index (χ0n) is 9.52. The largest absolute Gasteiger partial charge is 0.393 e. The van der Waals surface area contributed by atoms with Crippen molar-refractivity contribution in [2.45, 2.75) is 12.5 Å². The molecule has 4 nitrogen and oxygen atoms in total. The molecule has 1 fully saturated rings. The minimum absolute atomic E-state index is 0.00707. The molecule has 1 unspecified atom stereocenters. The van der Waals surface area contributed by atoms with Crippen molar-refractivity contribution in [2.24, 2.45) is 0 Å². The monoisotopic (exact) mass is 299 g/mol. The lowest BCUT2D eigenvalue weighted by atomic mass is 10.1. The quantitative estimate of drug-likeness (QED) is 0.902. The Morgan fingerprint density at radius 2 is 2.12 bits per heavy atom. The highest BCUT2D eigenvalue weighted by molar-refractivity contribution is 9.10. The molecule has 0 bridgehead atoms. The molecule has 1 saturated heterocycles. The number of halogens is 1. The second-order valence-electron chi connectivity index (χ2n) is 4.35. The van der Waals surface area contributed by atoms with Gasteiger partial charge in [0.2, 0.25) is 0 Å². The van der Waals surface area contributed by atoms with Gasteiger partial charge in [0.1, 0.15) is 12.2 Å². The molecule has 0 aliphatic carbocycles. The lowest BCUT2D eigenvalue weighted by Crippen LogP contribution is -2.55. The molecule has 0 saturated carbocycles. The number of benzene rings is 1. The van der Waals surface area contributed by atoms with E-state index in [2.05, 4.69) is 15.9 Å². The van der Waals surface area contributed by atoms with Gasteiger partial charge in [-0.2, -0.15) is 0 Å². The van der Waals surface area contributed by atoms with Crippen molar-refractivity contribution >= 4 is 27.5 Å². The fourth-order valence-corrected chi connectivity index (χ4v) is 2.00. The van der Waals surface area contributed by atoms with Gasteiger partial charge in [-0.05, 0) is 31.2 Å². The van der Waals surface area contributed by atoms with Gasteiger partial charge in [0.05, 0.1) is 13.2 Å². The van der Waals surface area contributed by atoms with Crippen LogP contribution in [0, 0.1) is 0 Å². The van der Waals surface area contributed by atoms with E-state index in [1.807, 2.05) is 24.3 Å². The summed E-state index contributed by atoms with van der Waals surface area (Å²) in [7, 11) is 0. The minimum atomic E-state index is -0.680. The van der Waals surface area contributed by atoms with E-state index in [4.69, 9.17) is 4.74 Å². The first kappa shape index (κ1) is 12.5. The molecule has 1 N–H and O–H groups in total. The van der Waals surface area contributed by atoms with E-state index in [1.54, 1.807) is 11.8 Å². The predicted octanol–water partition coefficient (Wildman–Crippen LogP) is 1.56. The lowest BCUT2D eigenvalue weighted by Gasteiger charge is -2.39. The van der Waals surface area contributed by atoms with Crippen molar-refractivity contribution in [3.63, 3.8) is 0 Å². The standard InChI is InChI=1S/C12H14BrNO3/c1-12(8-15)7-14(11(16)6-17-12)10-4-2-9(13)3-5-10/h2-5,15H,6-8H2,1H3. The summed E-state index contributed by atoms with van der Waals surface area (Å²) >= 11 is 3.35. The molecule has 5 heteroatoms. The maximum absolute atomic E-state index is 11.8. The van der Waals surface area contributed by atoms with Gasteiger partial charge in [0, 0.05) is 10.2 Å². The highest BCUT2D eigenvalue weighted by atomic mass is 79.9. The van der Waals surface area contributed by atoms with Crippen molar-refractivity contribution in [1.29, 1.82) is 0 Å². The number of ether oxygens (including phenoxy) is 1. The van der Waals surface area contributed by atoms with Gasteiger partial charge in [-0.25, -0.2) is 0 Å². The fourth-order valence-electron chi connectivity index (χ4n) is 1.73. The number of rotatable bonds is 2. The average Bonchev–Trinajstić information content (AvgIpc) is 2.34. The van der Waals surface area contributed by atoms with Crippen LogP contribution in [0.15, 0.2) is 28.7 Å². The van der Waals surface area contributed by atoms with Gasteiger partial charge in [0.15, 0.2) is 0 Å². The molecule has 0 aromatic heterocycles. The molecule has 1 aliphatic heterocycles. The summed E-state index contributed by atoms with van der Waals surface area (Å²) in [6, 6.07) is 7.50. The third-order valence-corrected chi connectivity index (χ3v) is 3.34. The van der Waals surface area contributed by atoms with Crippen LogP contribution in [0.2, 0.25) is 0 Å². The van der Waals surface area contributed by atoms with E-state index in [1.165, 1.54) is 0 Å². The molecule has 1 aromatic rings. The molecule has 2 rings (SSSR count). The second-order valence-corrected chi connectivity index (χ2v) is 5.27. The number of amides is 1. The third-order valence-electron chi connectivity index (χ3n) is 2.81. The molecule has 92 valence electrons. The van der Waals surface area contributed by atoms with Crippen LogP contribution < -0.4 is 4.90 Å². The summed E-state index contributed by atoms with van der Waals surface area (Å²) in [4.78, 5) is 13.4. The first-order chi connectivity index (χ1) is 8.04. The zero-order valence-corrected chi connectivity index (χ0v) is 11.1. The normalized spacial score (nSPS) is 25.1. The Hall–Kier alpha value is -0.910. The average molecular weight is 300 g/mol. The predicted molar refractivity (Wildman–Crippen MR) is 67.9 cm³/mol. The van der Waals surface area contributed by atoms with Gasteiger partial charge in [-0.15, -0.1) is 0 Å². The Morgan fingerprint density at radius 3 is 2.71 bits per heavy atom. The number of carbonyl (C=O) groups excluding carboxylic acids is 1. The van der Waals surface area contributed by atoms with Gasteiger partial charge < -0.3 is 14.7 Å². The van der Waals surface area contributed by atoms with Crippen LogP contribution in [0.25, 0.3) is 0 Å². The van der Waals surface area contributed by atoms with Crippen LogP contribution in [0.5, 0.6) is 0 Å². The first-order valence-corrected chi connectivity index (χ1v) is 6.14. The number of hydrogen-bond acceptors (Lipinski definition) is 3. The van der Waals surface area contributed by atoms with Crippen LogP contribution in [-0.2, 0) is 9.53 Å². The maximum atomic E-state index is 11.8. The van der Waals surface area contributed by atoms with E-state index >= 15 is 0 Å². The van der Waals surface area contributed by atoms with Crippen LogP contribution in [-0.4, -0.2) is 36.4 Å². The number of nitrogens with zero attached hydrogens (tertiary/aromatic N) is 1. The Kier molecular flexibility index (Phi) is 3.51. The highest BCUT2D eigenvalue weighted by Crippen LogP contribution is 2.25. The Bertz CT molecular complexity index is 420. The van der Waals surface area contributed by atoms with Gasteiger partial charge in [-0.1, -0.05) is 15.9 Å². The molecule has 1 atom stereocenters. The number of aliphatic hydroxyl groups excluding tert-OH is 1. The van der Waals surface area contributed by atoms with Gasteiger partial charge in [0.25, 0.3) is 5.91 Å². The topological polar surface area (TPSA) is 49.8 Å². The first-order valence-electron chi connectivity index (χ1n) is 5.35. The summed E-state index contributed by atoms with van der Waals surface area (Å²) in [6.07, 6.45) is 0. The van der Waals surface area contributed by atoms with Crippen molar-refractivity contribution in [3.05, 3.63) is 28.7 Å². The lowest BCUT2D eigenvalue weighted by molar-refractivity contribution is -0.141. The molecule has 0 radical (unpaired) electrons. The van der Waals surface area contributed by atoms with Crippen LogP contribution in [0.1, 0.15) is 6.92 Å². The minimum Gasteiger partial charge on any atom is -0.393 e. The molecule has 1 aliphatic rings. The fraction of sp³-hybridized carbons (Fsp3) is 0.417. The van der Waals surface area contributed by atoms with Gasteiger partial charge in [-0.3, -0.25) is 4.79 Å². The second kappa shape index (κ2) is 4.76. The van der Waals surface area contributed by atoms with Crippen LogP contribution >= 0.6 is 15.9 Å². The van der Waals surface area contributed by atoms with Crippen molar-refractivity contribution in [1.82, 2.24) is 0 Å². The number of hydrogen-bond donors (Lipinski definition) is 1. The number of aliphatic hydroxyl groups is 1. The van der Waals surface area contributed by atoms with Crippen molar-refractivity contribution in [3.8, 4) is 0 Å².